The number of hydrogen-bond donors (Lipinski definition) is 0. The molecular weight excluding hydrogens is 992 g/mol. The molecule has 13 aromatic rings. The minimum atomic E-state index is -0.461. The molecule has 7 nitrogen and oxygen atoms in total. The van der Waals surface area contributed by atoms with Gasteiger partial charge < -0.3 is 18.3 Å². The molecule has 0 N–H and O–H groups in total. The summed E-state index contributed by atoms with van der Waals surface area (Å²) < 4.78 is 15.5. The van der Waals surface area contributed by atoms with E-state index in [1.165, 1.54) is 43.7 Å². The predicted octanol–water partition coefficient (Wildman–Crippen LogP) is 13.6. The molecule has 8 aromatic carbocycles. The monoisotopic (exact) mass is 1030 g/mol. The molecular formula is C58H34N6OPt-2. The van der Waals surface area contributed by atoms with Gasteiger partial charge >= 0.3 is 0 Å². The van der Waals surface area contributed by atoms with E-state index < -0.39 is 5.41 Å². The molecule has 0 aliphatic carbocycles. The Bertz CT molecular complexity index is 4210. The Morgan fingerprint density at radius 2 is 1.44 bits per heavy atom. The van der Waals surface area contributed by atoms with Gasteiger partial charge in [0.05, 0.1) is 45.5 Å². The second-order valence-electron chi connectivity index (χ2n) is 17.5. The molecule has 0 amide bonds. The fraction of sp³-hybridized carbons (Fsp3) is 0.0517. The van der Waals surface area contributed by atoms with Crippen molar-refractivity contribution in [2.24, 2.45) is 0 Å². The van der Waals surface area contributed by atoms with E-state index in [0.29, 0.717) is 22.9 Å². The van der Waals surface area contributed by atoms with Crippen molar-refractivity contribution < 1.29 is 30.4 Å². The van der Waals surface area contributed by atoms with Crippen LogP contribution in [0.3, 0.4) is 0 Å². The summed E-state index contributed by atoms with van der Waals surface area (Å²) in [4.78, 5) is 8.99. The number of rotatable bonds is 1. The Morgan fingerprint density at radius 3 is 2.32 bits per heavy atom. The first-order chi connectivity index (χ1) is 31.9. The third-order valence-electron chi connectivity index (χ3n) is 13.7. The first-order valence-electron chi connectivity index (χ1n) is 21.7. The molecule has 314 valence electrons. The fourth-order valence-corrected chi connectivity index (χ4v) is 10.6. The van der Waals surface area contributed by atoms with E-state index in [9.17, 15) is 0 Å². The number of pyridine rings is 1. The second kappa shape index (κ2) is 14.0. The van der Waals surface area contributed by atoms with E-state index >= 15 is 0 Å². The summed E-state index contributed by atoms with van der Waals surface area (Å²) in [5.74, 6) is 1.68. The van der Waals surface area contributed by atoms with Crippen molar-refractivity contribution in [1.29, 1.82) is 0 Å². The Kier molecular flexibility index (Phi) is 8.14. The van der Waals surface area contributed by atoms with Gasteiger partial charge in [-0.1, -0.05) is 122 Å². The Hall–Kier alpha value is -8.04. The SMILES string of the molecule is [C-]#[N+]c1cc2[c-]c(c1)-n1[c-][n+](c3ccccc31)-c1cc3c4ccccc4n4c5cccc(c5c(c1)c34)C(C)(C)c1ccnc(c1)-n1c3[c-]c(ccc3c3cc(-c4ccccc4)ccc31)O2.[Pt]. The maximum Gasteiger partial charge on any atom is 0.268 e. The molecule has 0 unspecified atom stereocenters. The van der Waals surface area contributed by atoms with Gasteiger partial charge in [-0.2, -0.15) is 12.1 Å². The smallest absolute Gasteiger partial charge is 0.268 e. The van der Waals surface area contributed by atoms with E-state index in [0.717, 1.165) is 61.0 Å². The van der Waals surface area contributed by atoms with Gasteiger partial charge in [0.2, 0.25) is 0 Å². The van der Waals surface area contributed by atoms with Gasteiger partial charge in [0, 0.05) is 65.5 Å². The first kappa shape index (κ1) is 38.4. The number of hydrogen-bond acceptors (Lipinski definition) is 2. The van der Waals surface area contributed by atoms with Crippen LogP contribution < -0.4 is 9.30 Å². The summed E-state index contributed by atoms with van der Waals surface area (Å²) in [5.41, 5.74) is 13.5. The zero-order valence-electron chi connectivity index (χ0n) is 35.6. The van der Waals surface area contributed by atoms with E-state index in [2.05, 4.69) is 184 Å². The van der Waals surface area contributed by atoms with Crippen LogP contribution >= 0.6 is 0 Å². The van der Waals surface area contributed by atoms with Crippen molar-refractivity contribution in [1.82, 2.24) is 18.5 Å². The van der Waals surface area contributed by atoms with Crippen LogP contribution in [0.2, 0.25) is 0 Å². The van der Waals surface area contributed by atoms with Crippen LogP contribution in [0.5, 0.6) is 11.5 Å². The zero-order valence-corrected chi connectivity index (χ0v) is 37.8. The third kappa shape index (κ3) is 5.34. The zero-order chi connectivity index (χ0) is 43.1. The van der Waals surface area contributed by atoms with Crippen LogP contribution in [0, 0.1) is 25.0 Å². The summed E-state index contributed by atoms with van der Waals surface area (Å²) in [7, 11) is 0. The van der Waals surface area contributed by atoms with Gasteiger partial charge in [0.25, 0.3) is 6.33 Å². The topological polar surface area (TPSA) is 44.6 Å². The van der Waals surface area contributed by atoms with Crippen LogP contribution in [-0.2, 0) is 26.5 Å². The number of para-hydroxylation sites is 3. The molecule has 10 bridgehead atoms. The maximum atomic E-state index is 8.15. The van der Waals surface area contributed by atoms with Gasteiger partial charge in [0.1, 0.15) is 5.82 Å². The van der Waals surface area contributed by atoms with Crippen molar-refractivity contribution in [2.45, 2.75) is 19.3 Å². The van der Waals surface area contributed by atoms with Gasteiger partial charge in [-0.25, -0.2) is 4.98 Å². The number of fused-ring (bicyclic) bond motifs is 21. The van der Waals surface area contributed by atoms with E-state index in [4.69, 9.17) is 16.3 Å². The van der Waals surface area contributed by atoms with Crippen LogP contribution in [-0.4, -0.2) is 18.5 Å². The first-order valence-corrected chi connectivity index (χ1v) is 21.7. The van der Waals surface area contributed by atoms with Gasteiger partial charge in [0.15, 0.2) is 0 Å². The quantitative estimate of drug-likeness (QED) is 0.121. The summed E-state index contributed by atoms with van der Waals surface area (Å²) >= 11 is 0. The third-order valence-corrected chi connectivity index (χ3v) is 13.7. The molecule has 0 fully saturated rings. The molecule has 0 saturated carbocycles. The minimum Gasteiger partial charge on any atom is -0.511 e. The number of ether oxygens (including phenoxy) is 1. The van der Waals surface area contributed by atoms with E-state index in [1.54, 1.807) is 6.07 Å². The van der Waals surface area contributed by atoms with Crippen LogP contribution in [0.15, 0.2) is 170 Å². The number of aromatic nitrogens is 5. The largest absolute Gasteiger partial charge is 0.511 e. The van der Waals surface area contributed by atoms with E-state index in [-0.39, 0.29) is 21.1 Å². The van der Waals surface area contributed by atoms with Gasteiger partial charge in [-0.05, 0) is 75.9 Å². The number of nitrogens with zero attached hydrogens (tertiary/aromatic N) is 6. The Morgan fingerprint density at radius 1 is 0.636 bits per heavy atom. The summed E-state index contributed by atoms with van der Waals surface area (Å²) in [5, 5.41) is 6.86. The summed E-state index contributed by atoms with van der Waals surface area (Å²) in [6.07, 6.45) is 5.65. The molecule has 8 heteroatoms. The molecule has 5 aromatic heterocycles. The summed E-state index contributed by atoms with van der Waals surface area (Å²) in [6.45, 7) is 12.8. The standard InChI is InChI=1S/C58H34N6O.Pt/c1-58(2)37-24-25-60-55(27-37)63-50-23-20-36(35-12-5-4-6-13-35)26-45(50)44-22-21-41(33-54(44)63)65-42-29-38(59-3)28-39(30-42)61-34-62(52-18-10-9-17-51(52)61)40-31-46-43-14-7-8-16-49(43)64-53-19-11-15-48(58)56(53)47(32-40)57(46)64;/h4-29,31-32H,1-2H3;/q-2;. The number of imidazole rings is 1. The normalized spacial score (nSPS) is 13.1. The molecule has 0 radical (unpaired) electrons. The molecule has 0 atom stereocenters. The van der Waals surface area contributed by atoms with E-state index in [1.807, 2.05) is 35.0 Å². The number of benzene rings is 8. The molecule has 1 aliphatic rings. The van der Waals surface area contributed by atoms with Crippen molar-refractivity contribution in [3.8, 4) is 39.8 Å². The Balaban J connectivity index is 0.00000435. The van der Waals surface area contributed by atoms with Crippen LogP contribution in [0.25, 0.3) is 104 Å². The Labute approximate surface area is 393 Å². The van der Waals surface area contributed by atoms with Gasteiger partial charge in [-0.3, -0.25) is 9.41 Å². The predicted molar refractivity (Wildman–Crippen MR) is 258 cm³/mol. The van der Waals surface area contributed by atoms with Crippen molar-refractivity contribution >= 4 is 76.6 Å². The molecule has 14 rings (SSSR count). The summed E-state index contributed by atoms with van der Waals surface area (Å²) in [6, 6.07) is 64.7. The average Bonchev–Trinajstić information content (AvgIpc) is 4.09. The molecule has 1 aliphatic heterocycles. The maximum absolute atomic E-state index is 8.15. The molecule has 0 spiro atoms. The van der Waals surface area contributed by atoms with Crippen LogP contribution in [0.4, 0.5) is 5.69 Å². The van der Waals surface area contributed by atoms with Crippen molar-refractivity contribution in [3.63, 3.8) is 0 Å². The van der Waals surface area contributed by atoms with Crippen molar-refractivity contribution in [2.75, 3.05) is 0 Å². The molecule has 0 saturated heterocycles. The van der Waals surface area contributed by atoms with Crippen molar-refractivity contribution in [3.05, 3.63) is 211 Å². The van der Waals surface area contributed by atoms with Crippen LogP contribution in [0.1, 0.15) is 25.0 Å². The second-order valence-corrected chi connectivity index (χ2v) is 17.5. The molecule has 66 heavy (non-hydrogen) atoms. The van der Waals surface area contributed by atoms with Gasteiger partial charge in [-0.15, -0.1) is 29.7 Å². The minimum absolute atomic E-state index is 0. The molecule has 6 heterocycles. The average molecular weight is 1030 g/mol. The fourth-order valence-electron chi connectivity index (χ4n) is 10.6.